The zero-order chi connectivity index (χ0) is 15.5. The van der Waals surface area contributed by atoms with Crippen molar-refractivity contribution >= 4 is 5.82 Å². The molecule has 0 saturated heterocycles. The molecule has 0 atom stereocenters. The van der Waals surface area contributed by atoms with E-state index in [4.69, 9.17) is 0 Å². The molecule has 2 aromatic rings. The molecule has 0 aliphatic rings. The van der Waals surface area contributed by atoms with Crippen LogP contribution >= 0.6 is 0 Å². The predicted octanol–water partition coefficient (Wildman–Crippen LogP) is 3.81. The van der Waals surface area contributed by atoms with E-state index in [9.17, 15) is 13.2 Å². The van der Waals surface area contributed by atoms with Gasteiger partial charge in [-0.05, 0) is 31.5 Å². The second kappa shape index (κ2) is 6.15. The maximum atomic E-state index is 13.0. The van der Waals surface area contributed by atoms with Crippen LogP contribution in [0.15, 0.2) is 24.4 Å². The third-order valence-corrected chi connectivity index (χ3v) is 2.92. The van der Waals surface area contributed by atoms with Gasteiger partial charge in [0.2, 0.25) is 0 Å². The van der Waals surface area contributed by atoms with Gasteiger partial charge in [-0.1, -0.05) is 6.92 Å². The summed E-state index contributed by atoms with van der Waals surface area (Å²) in [6.07, 6.45) is -2.00. The molecule has 2 aromatic heterocycles. The standard InChI is InChI=1S/C14H17F3N4/c1-3-7-21-12(5-6-19-21)11-8-10(14(15,16)17)9-13(20-11)18-4-2/h5-6,8-9H,3-4,7H2,1-2H3,(H,18,20). The number of aromatic nitrogens is 3. The van der Waals surface area contributed by atoms with Crippen LogP contribution in [0, 0.1) is 0 Å². The van der Waals surface area contributed by atoms with Crippen LogP contribution in [0.4, 0.5) is 19.0 Å². The molecule has 114 valence electrons. The van der Waals surface area contributed by atoms with Crippen LogP contribution in [-0.2, 0) is 12.7 Å². The average molecular weight is 298 g/mol. The van der Waals surface area contributed by atoms with E-state index in [-0.39, 0.29) is 11.5 Å². The van der Waals surface area contributed by atoms with Crippen molar-refractivity contribution in [3.05, 3.63) is 30.0 Å². The molecule has 7 heteroatoms. The van der Waals surface area contributed by atoms with Gasteiger partial charge in [0.15, 0.2) is 0 Å². The molecule has 0 saturated carbocycles. The SMILES string of the molecule is CCCn1nccc1-c1cc(C(F)(F)F)cc(NCC)n1. The summed E-state index contributed by atoms with van der Waals surface area (Å²) in [5.74, 6) is 0.214. The highest BCUT2D eigenvalue weighted by molar-refractivity contribution is 5.59. The molecule has 0 unspecified atom stereocenters. The van der Waals surface area contributed by atoms with Crippen LogP contribution in [0.5, 0.6) is 0 Å². The van der Waals surface area contributed by atoms with E-state index in [0.29, 0.717) is 18.8 Å². The lowest BCUT2D eigenvalue weighted by molar-refractivity contribution is -0.137. The maximum Gasteiger partial charge on any atom is 0.416 e. The van der Waals surface area contributed by atoms with E-state index in [1.54, 1.807) is 16.9 Å². The Morgan fingerprint density at radius 1 is 1.24 bits per heavy atom. The summed E-state index contributed by atoms with van der Waals surface area (Å²) in [7, 11) is 0. The first-order valence-corrected chi connectivity index (χ1v) is 6.81. The topological polar surface area (TPSA) is 42.7 Å². The lowest BCUT2D eigenvalue weighted by Crippen LogP contribution is -2.10. The molecule has 0 amide bonds. The summed E-state index contributed by atoms with van der Waals surface area (Å²) in [5, 5.41) is 6.96. The first kappa shape index (κ1) is 15.3. The molecule has 0 bridgehead atoms. The predicted molar refractivity (Wildman–Crippen MR) is 74.9 cm³/mol. The van der Waals surface area contributed by atoms with E-state index >= 15 is 0 Å². The van der Waals surface area contributed by atoms with E-state index in [1.165, 1.54) is 0 Å². The summed E-state index contributed by atoms with van der Waals surface area (Å²) in [6, 6.07) is 3.76. The molecule has 21 heavy (non-hydrogen) atoms. The van der Waals surface area contributed by atoms with E-state index < -0.39 is 11.7 Å². The first-order valence-electron chi connectivity index (χ1n) is 6.81. The van der Waals surface area contributed by atoms with Crippen molar-refractivity contribution in [2.45, 2.75) is 33.0 Å². The van der Waals surface area contributed by atoms with Crippen molar-refractivity contribution in [2.75, 3.05) is 11.9 Å². The van der Waals surface area contributed by atoms with Gasteiger partial charge in [-0.25, -0.2) is 4.98 Å². The fraction of sp³-hybridized carbons (Fsp3) is 0.429. The van der Waals surface area contributed by atoms with E-state index in [0.717, 1.165) is 18.6 Å². The van der Waals surface area contributed by atoms with Gasteiger partial charge in [-0.3, -0.25) is 4.68 Å². The van der Waals surface area contributed by atoms with Crippen LogP contribution in [-0.4, -0.2) is 21.3 Å². The summed E-state index contributed by atoms with van der Waals surface area (Å²) < 4.78 is 40.7. The summed E-state index contributed by atoms with van der Waals surface area (Å²) in [6.45, 7) is 4.93. The van der Waals surface area contributed by atoms with Crippen LogP contribution < -0.4 is 5.32 Å². The second-order valence-electron chi connectivity index (χ2n) is 4.59. The van der Waals surface area contributed by atoms with Crippen LogP contribution in [0.1, 0.15) is 25.8 Å². The summed E-state index contributed by atoms with van der Waals surface area (Å²) in [5.41, 5.74) is 0.140. The molecule has 0 aromatic carbocycles. The van der Waals surface area contributed by atoms with Gasteiger partial charge in [0, 0.05) is 19.3 Å². The number of nitrogens with zero attached hydrogens (tertiary/aromatic N) is 3. The number of pyridine rings is 1. The van der Waals surface area contributed by atoms with Gasteiger partial charge < -0.3 is 5.32 Å². The summed E-state index contributed by atoms with van der Waals surface area (Å²) in [4.78, 5) is 4.25. The van der Waals surface area contributed by atoms with Crippen molar-refractivity contribution in [1.29, 1.82) is 0 Å². The first-order chi connectivity index (χ1) is 9.95. The van der Waals surface area contributed by atoms with Gasteiger partial charge in [-0.2, -0.15) is 18.3 Å². The third kappa shape index (κ3) is 3.53. The molecule has 0 fully saturated rings. The normalized spacial score (nSPS) is 11.7. The van der Waals surface area contributed by atoms with Crippen LogP contribution in [0.2, 0.25) is 0 Å². The Morgan fingerprint density at radius 2 is 2.00 bits per heavy atom. The number of nitrogens with one attached hydrogen (secondary N) is 1. The third-order valence-electron chi connectivity index (χ3n) is 2.92. The molecular weight excluding hydrogens is 281 g/mol. The van der Waals surface area contributed by atoms with Crippen LogP contribution in [0.3, 0.4) is 0 Å². The zero-order valence-electron chi connectivity index (χ0n) is 11.9. The number of hydrogen-bond acceptors (Lipinski definition) is 3. The maximum absolute atomic E-state index is 13.0. The molecule has 2 rings (SSSR count). The fourth-order valence-electron chi connectivity index (χ4n) is 2.04. The fourth-order valence-corrected chi connectivity index (χ4v) is 2.04. The Kier molecular flexibility index (Phi) is 4.50. The number of halogens is 3. The molecule has 0 aliphatic heterocycles. The Labute approximate surface area is 121 Å². The second-order valence-corrected chi connectivity index (χ2v) is 4.59. The van der Waals surface area contributed by atoms with E-state index in [2.05, 4.69) is 15.4 Å². The highest BCUT2D eigenvalue weighted by Gasteiger charge is 2.32. The highest BCUT2D eigenvalue weighted by atomic mass is 19.4. The number of rotatable bonds is 5. The van der Waals surface area contributed by atoms with Gasteiger partial charge in [0.1, 0.15) is 5.82 Å². The van der Waals surface area contributed by atoms with Crippen molar-refractivity contribution in [3.8, 4) is 11.4 Å². The smallest absolute Gasteiger partial charge is 0.370 e. The van der Waals surface area contributed by atoms with Crippen molar-refractivity contribution < 1.29 is 13.2 Å². The van der Waals surface area contributed by atoms with Gasteiger partial charge >= 0.3 is 6.18 Å². The molecule has 0 aliphatic carbocycles. The summed E-state index contributed by atoms with van der Waals surface area (Å²) >= 11 is 0. The zero-order valence-corrected chi connectivity index (χ0v) is 11.9. The Bertz CT molecular complexity index is 605. The van der Waals surface area contributed by atoms with Gasteiger partial charge in [0.25, 0.3) is 0 Å². The minimum absolute atomic E-state index is 0.214. The molecule has 1 N–H and O–H groups in total. The molecule has 0 spiro atoms. The van der Waals surface area contributed by atoms with Crippen molar-refractivity contribution in [2.24, 2.45) is 0 Å². The number of anilines is 1. The Hall–Kier alpha value is -2.05. The lowest BCUT2D eigenvalue weighted by Gasteiger charge is -2.13. The number of alkyl halides is 3. The molecule has 2 heterocycles. The number of hydrogen-bond donors (Lipinski definition) is 1. The molecule has 0 radical (unpaired) electrons. The Balaban J connectivity index is 2.51. The van der Waals surface area contributed by atoms with E-state index in [1.807, 2.05) is 13.8 Å². The quantitative estimate of drug-likeness (QED) is 0.913. The average Bonchev–Trinajstić information content (AvgIpc) is 2.86. The lowest BCUT2D eigenvalue weighted by atomic mass is 10.1. The minimum Gasteiger partial charge on any atom is -0.370 e. The monoisotopic (exact) mass is 298 g/mol. The minimum atomic E-state index is -4.41. The molecular formula is C14H17F3N4. The molecule has 4 nitrogen and oxygen atoms in total. The number of aryl methyl sites for hydroxylation is 1. The highest BCUT2D eigenvalue weighted by Crippen LogP contribution is 2.33. The van der Waals surface area contributed by atoms with Crippen molar-refractivity contribution in [3.63, 3.8) is 0 Å². The Morgan fingerprint density at radius 3 is 2.62 bits per heavy atom. The van der Waals surface area contributed by atoms with Crippen LogP contribution in [0.25, 0.3) is 11.4 Å². The largest absolute Gasteiger partial charge is 0.416 e. The van der Waals surface area contributed by atoms with Crippen molar-refractivity contribution in [1.82, 2.24) is 14.8 Å². The van der Waals surface area contributed by atoms with Gasteiger partial charge in [0.05, 0.1) is 17.0 Å². The van der Waals surface area contributed by atoms with Gasteiger partial charge in [-0.15, -0.1) is 0 Å².